The van der Waals surface area contributed by atoms with E-state index in [4.69, 9.17) is 9.47 Å². The third-order valence-electron chi connectivity index (χ3n) is 11.1. The first-order valence-electron chi connectivity index (χ1n) is 18.1. The minimum absolute atomic E-state index is 0.281. The highest BCUT2D eigenvalue weighted by molar-refractivity contribution is 5.96. The SMILES string of the molecule is Fc1ccc(C2(c3ccc4c5c(ccc4c3)OC(c3ccccc3)(c3ccc(N4CCCC4)cc3)C=C5)C=Cc3c(ccc4ccccc34)O2)cc1. The van der Waals surface area contributed by atoms with E-state index in [0.717, 1.165) is 79.5 Å². The van der Waals surface area contributed by atoms with Crippen LogP contribution in [0.2, 0.25) is 0 Å². The van der Waals surface area contributed by atoms with Crippen molar-refractivity contribution >= 4 is 39.4 Å². The fourth-order valence-electron chi connectivity index (χ4n) is 8.41. The second-order valence-electron chi connectivity index (χ2n) is 14.1. The maximum absolute atomic E-state index is 14.2. The maximum Gasteiger partial charge on any atom is 0.178 e. The highest BCUT2D eigenvalue weighted by Crippen LogP contribution is 2.47. The first-order chi connectivity index (χ1) is 25.6. The predicted octanol–water partition coefficient (Wildman–Crippen LogP) is 11.4. The molecule has 1 saturated heterocycles. The summed E-state index contributed by atoms with van der Waals surface area (Å²) in [6.45, 7) is 2.22. The molecule has 3 aliphatic rings. The molecule has 52 heavy (non-hydrogen) atoms. The van der Waals surface area contributed by atoms with Crippen molar-refractivity contribution in [2.45, 2.75) is 24.0 Å². The van der Waals surface area contributed by atoms with Gasteiger partial charge in [0.15, 0.2) is 11.2 Å². The van der Waals surface area contributed by atoms with E-state index in [1.165, 1.54) is 30.7 Å². The Balaban J connectivity index is 1.07. The second-order valence-corrected chi connectivity index (χ2v) is 14.1. The Morgan fingerprint density at radius 2 is 1.02 bits per heavy atom. The van der Waals surface area contributed by atoms with Crippen LogP contribution >= 0.6 is 0 Å². The summed E-state index contributed by atoms with van der Waals surface area (Å²) in [5.74, 6) is 1.34. The van der Waals surface area contributed by atoms with E-state index in [0.29, 0.717) is 0 Å². The van der Waals surface area contributed by atoms with E-state index in [2.05, 4.69) is 132 Å². The molecule has 7 aromatic carbocycles. The number of nitrogens with zero attached hydrogens (tertiary/aromatic N) is 1. The number of benzene rings is 7. The average molecular weight is 678 g/mol. The minimum atomic E-state index is -0.955. The van der Waals surface area contributed by atoms with Gasteiger partial charge in [0.25, 0.3) is 0 Å². The zero-order chi connectivity index (χ0) is 34.7. The number of fused-ring (bicyclic) bond motifs is 6. The van der Waals surface area contributed by atoms with Gasteiger partial charge in [0.05, 0.1) is 0 Å². The topological polar surface area (TPSA) is 21.7 Å². The molecule has 3 nitrogen and oxygen atoms in total. The fourth-order valence-corrected chi connectivity index (χ4v) is 8.41. The van der Waals surface area contributed by atoms with Gasteiger partial charge in [-0.05, 0) is 101 Å². The standard InChI is InChI=1S/C48H36FNO2/c49-39-19-14-36(15-20-39)48(29-27-43-41-11-5-4-8-33(41)12-24-45(43)52-48)38-18-23-42-34(32-38)13-25-46-44(42)26-28-47(51-46,35-9-2-1-3-10-35)37-16-21-40(22-17-37)50-30-6-7-31-50/h1-5,8-29,32H,6-7,30-31H2. The molecule has 10 rings (SSSR count). The molecule has 0 amide bonds. The van der Waals surface area contributed by atoms with Crippen LogP contribution in [-0.2, 0) is 11.2 Å². The summed E-state index contributed by atoms with van der Waals surface area (Å²) >= 11 is 0. The molecule has 2 atom stereocenters. The first kappa shape index (κ1) is 30.7. The lowest BCUT2D eigenvalue weighted by Crippen LogP contribution is -2.34. The van der Waals surface area contributed by atoms with Gasteiger partial charge in [0, 0.05) is 52.2 Å². The molecule has 3 aliphatic heterocycles. The van der Waals surface area contributed by atoms with Gasteiger partial charge in [0.2, 0.25) is 0 Å². The molecule has 0 bridgehead atoms. The summed E-state index contributed by atoms with van der Waals surface area (Å²) in [7, 11) is 0. The van der Waals surface area contributed by atoms with Crippen LogP contribution in [0.3, 0.4) is 0 Å². The largest absolute Gasteiger partial charge is 0.473 e. The van der Waals surface area contributed by atoms with Crippen LogP contribution in [-0.4, -0.2) is 13.1 Å². The summed E-state index contributed by atoms with van der Waals surface area (Å²) < 4.78 is 28.4. The van der Waals surface area contributed by atoms with Gasteiger partial charge in [-0.15, -0.1) is 0 Å². The summed E-state index contributed by atoms with van der Waals surface area (Å²) in [5.41, 5.74) is 5.61. The number of rotatable bonds is 5. The average Bonchev–Trinajstić information content (AvgIpc) is 3.76. The summed E-state index contributed by atoms with van der Waals surface area (Å²) in [4.78, 5) is 2.46. The van der Waals surface area contributed by atoms with Gasteiger partial charge in [-0.1, -0.05) is 103 Å². The number of hydrogen-bond acceptors (Lipinski definition) is 3. The molecule has 0 N–H and O–H groups in total. The number of ether oxygens (including phenoxy) is 2. The van der Waals surface area contributed by atoms with E-state index < -0.39 is 11.2 Å². The maximum atomic E-state index is 14.2. The van der Waals surface area contributed by atoms with Crippen LogP contribution in [0.5, 0.6) is 11.5 Å². The van der Waals surface area contributed by atoms with Crippen molar-refractivity contribution < 1.29 is 13.9 Å². The predicted molar refractivity (Wildman–Crippen MR) is 210 cm³/mol. The third-order valence-corrected chi connectivity index (χ3v) is 11.1. The molecule has 0 spiro atoms. The van der Waals surface area contributed by atoms with E-state index in [9.17, 15) is 4.39 Å². The molecule has 3 heterocycles. The summed E-state index contributed by atoms with van der Waals surface area (Å²) in [5, 5.41) is 4.44. The lowest BCUT2D eigenvalue weighted by molar-refractivity contribution is 0.161. The lowest BCUT2D eigenvalue weighted by Gasteiger charge is -2.37. The van der Waals surface area contributed by atoms with Gasteiger partial charge in [0.1, 0.15) is 17.3 Å². The van der Waals surface area contributed by atoms with Crippen molar-refractivity contribution in [1.82, 2.24) is 0 Å². The number of hydrogen-bond donors (Lipinski definition) is 0. The number of halogens is 1. The fraction of sp³-hybridized carbons (Fsp3) is 0.125. The van der Waals surface area contributed by atoms with Crippen LogP contribution in [0.1, 0.15) is 46.2 Å². The first-order valence-corrected chi connectivity index (χ1v) is 18.1. The van der Waals surface area contributed by atoms with Crippen LogP contribution in [0.15, 0.2) is 158 Å². The Morgan fingerprint density at radius 3 is 1.71 bits per heavy atom. The second kappa shape index (κ2) is 12.0. The van der Waals surface area contributed by atoms with Gasteiger partial charge in [-0.2, -0.15) is 0 Å². The van der Waals surface area contributed by atoms with Crippen molar-refractivity contribution in [2.24, 2.45) is 0 Å². The molecule has 0 aromatic heterocycles. The van der Waals surface area contributed by atoms with Gasteiger partial charge in [-0.3, -0.25) is 0 Å². The molecule has 7 aromatic rings. The zero-order valence-corrected chi connectivity index (χ0v) is 28.6. The van der Waals surface area contributed by atoms with Crippen LogP contribution in [0, 0.1) is 5.82 Å². The lowest BCUT2D eigenvalue weighted by atomic mass is 9.81. The minimum Gasteiger partial charge on any atom is -0.473 e. The summed E-state index contributed by atoms with van der Waals surface area (Å²) in [6, 6.07) is 49.2. The van der Waals surface area contributed by atoms with Gasteiger partial charge < -0.3 is 14.4 Å². The van der Waals surface area contributed by atoms with Crippen molar-refractivity contribution in [3.63, 3.8) is 0 Å². The molecule has 0 radical (unpaired) electrons. The third kappa shape index (κ3) is 4.85. The molecular formula is C48H36FNO2. The van der Waals surface area contributed by atoms with E-state index in [-0.39, 0.29) is 5.82 Å². The zero-order valence-electron chi connectivity index (χ0n) is 28.6. The van der Waals surface area contributed by atoms with Crippen molar-refractivity contribution in [3.8, 4) is 11.5 Å². The number of anilines is 1. The Morgan fingerprint density at radius 1 is 0.481 bits per heavy atom. The molecule has 4 heteroatoms. The molecule has 2 unspecified atom stereocenters. The quantitative estimate of drug-likeness (QED) is 0.181. The smallest absolute Gasteiger partial charge is 0.178 e. The van der Waals surface area contributed by atoms with E-state index in [1.807, 2.05) is 30.3 Å². The Kier molecular flexibility index (Phi) is 7.07. The van der Waals surface area contributed by atoms with E-state index >= 15 is 0 Å². The van der Waals surface area contributed by atoms with Crippen molar-refractivity contribution in [3.05, 3.63) is 197 Å². The molecule has 0 saturated carbocycles. The molecular weight excluding hydrogens is 642 g/mol. The van der Waals surface area contributed by atoms with Gasteiger partial charge >= 0.3 is 0 Å². The highest BCUT2D eigenvalue weighted by atomic mass is 19.1. The molecule has 1 fully saturated rings. The van der Waals surface area contributed by atoms with Gasteiger partial charge in [-0.25, -0.2) is 4.39 Å². The summed E-state index contributed by atoms with van der Waals surface area (Å²) in [6.07, 6.45) is 11.2. The highest BCUT2D eigenvalue weighted by Gasteiger charge is 2.39. The van der Waals surface area contributed by atoms with Crippen LogP contribution in [0.25, 0.3) is 33.7 Å². The van der Waals surface area contributed by atoms with Crippen molar-refractivity contribution in [2.75, 3.05) is 18.0 Å². The van der Waals surface area contributed by atoms with Crippen LogP contribution < -0.4 is 14.4 Å². The van der Waals surface area contributed by atoms with Crippen LogP contribution in [0.4, 0.5) is 10.1 Å². The Bertz CT molecular complexity index is 2530. The van der Waals surface area contributed by atoms with E-state index in [1.54, 1.807) is 0 Å². The normalized spacial score (nSPS) is 20.4. The Labute approximate surface area is 302 Å². The molecule has 0 aliphatic carbocycles. The Hall–Kier alpha value is -6.13. The van der Waals surface area contributed by atoms with Crippen molar-refractivity contribution in [1.29, 1.82) is 0 Å². The monoisotopic (exact) mass is 677 g/mol. The molecule has 252 valence electrons.